The van der Waals surface area contributed by atoms with Crippen molar-refractivity contribution in [3.63, 3.8) is 0 Å². The number of hydrogen-bond acceptors (Lipinski definition) is 5. The summed E-state index contributed by atoms with van der Waals surface area (Å²) in [7, 11) is -5.97. The van der Waals surface area contributed by atoms with Crippen LogP contribution in [0.3, 0.4) is 0 Å². The number of aliphatic hydroxyl groups excluding tert-OH is 1. The molecule has 1 saturated carbocycles. The summed E-state index contributed by atoms with van der Waals surface area (Å²) in [5.41, 5.74) is -5.65. The molecule has 1 aliphatic heterocycles. The first-order valence-corrected chi connectivity index (χ1v) is 7.24. The van der Waals surface area contributed by atoms with Crippen LogP contribution in [0.2, 0.25) is 0 Å². The highest BCUT2D eigenvalue weighted by Crippen LogP contribution is 2.54. The van der Waals surface area contributed by atoms with E-state index in [2.05, 4.69) is 4.28 Å². The van der Waals surface area contributed by atoms with Gasteiger partial charge in [-0.3, -0.25) is 4.79 Å². The highest BCUT2D eigenvalue weighted by molar-refractivity contribution is 7.87. The summed E-state index contributed by atoms with van der Waals surface area (Å²) in [5.74, 6) is -2.60. The molecule has 3 rings (SSSR count). The lowest BCUT2D eigenvalue weighted by atomic mass is 9.85. The van der Waals surface area contributed by atoms with E-state index in [0.717, 1.165) is 0 Å². The number of amides is 1. The molecule has 3 aliphatic rings. The van der Waals surface area contributed by atoms with Crippen LogP contribution in [0.4, 0.5) is 13.2 Å². The van der Waals surface area contributed by atoms with E-state index in [1.54, 1.807) is 12.2 Å². The smallest absolute Gasteiger partial charge is 0.371 e. The molecular weight excluding hydrogens is 303 g/mol. The Kier molecular flexibility index (Phi) is 2.73. The fraction of sp³-hybridized carbons (Fsp3) is 0.700. The molecule has 1 amide bonds. The van der Waals surface area contributed by atoms with Crippen LogP contribution in [0.5, 0.6) is 0 Å². The summed E-state index contributed by atoms with van der Waals surface area (Å²) < 4.78 is 62.4. The van der Waals surface area contributed by atoms with Gasteiger partial charge in [0.1, 0.15) is 0 Å². The van der Waals surface area contributed by atoms with Crippen LogP contribution in [-0.2, 0) is 19.2 Å². The highest BCUT2D eigenvalue weighted by atomic mass is 32.2. The number of alkyl halides is 3. The number of aliphatic hydroxyl groups is 1. The Bertz CT molecular complexity index is 586. The van der Waals surface area contributed by atoms with Gasteiger partial charge >= 0.3 is 15.6 Å². The van der Waals surface area contributed by atoms with Gasteiger partial charge in [-0.1, -0.05) is 12.2 Å². The number of nitrogens with zero attached hydrogens (tertiary/aromatic N) is 1. The van der Waals surface area contributed by atoms with Gasteiger partial charge in [-0.25, -0.2) is 0 Å². The molecule has 3 unspecified atom stereocenters. The molecule has 1 heterocycles. The SMILES string of the molecule is O=C1[C@@H]2C(C3C=C[C@H]2C3)C(O)N1OS(=O)(=O)C(F)(F)F. The maximum absolute atomic E-state index is 12.3. The first-order chi connectivity index (χ1) is 9.13. The van der Waals surface area contributed by atoms with E-state index in [-0.39, 0.29) is 16.9 Å². The Morgan fingerprint density at radius 3 is 2.45 bits per heavy atom. The molecule has 112 valence electrons. The van der Waals surface area contributed by atoms with Crippen molar-refractivity contribution in [2.24, 2.45) is 23.7 Å². The van der Waals surface area contributed by atoms with Gasteiger partial charge in [0.25, 0.3) is 5.91 Å². The molecule has 0 aromatic rings. The zero-order chi connectivity index (χ0) is 14.9. The predicted octanol–water partition coefficient (Wildman–Crippen LogP) is 0.367. The van der Waals surface area contributed by atoms with Crippen LogP contribution in [0.25, 0.3) is 0 Å². The summed E-state index contributed by atoms with van der Waals surface area (Å²) in [6.07, 6.45) is 2.49. The summed E-state index contributed by atoms with van der Waals surface area (Å²) in [5, 5.41) is 9.84. The lowest BCUT2D eigenvalue weighted by molar-refractivity contribution is -0.187. The van der Waals surface area contributed by atoms with E-state index in [1.807, 2.05) is 0 Å². The van der Waals surface area contributed by atoms with Crippen LogP contribution in [0.15, 0.2) is 12.2 Å². The van der Waals surface area contributed by atoms with Crippen LogP contribution < -0.4 is 0 Å². The van der Waals surface area contributed by atoms with E-state index < -0.39 is 39.6 Å². The van der Waals surface area contributed by atoms with Crippen molar-refractivity contribution in [2.75, 3.05) is 0 Å². The summed E-state index contributed by atoms with van der Waals surface area (Å²) in [6.45, 7) is 0. The average Bonchev–Trinajstić information content (AvgIpc) is 2.97. The predicted molar refractivity (Wildman–Crippen MR) is 56.6 cm³/mol. The topological polar surface area (TPSA) is 83.9 Å². The van der Waals surface area contributed by atoms with Crippen molar-refractivity contribution in [3.8, 4) is 0 Å². The molecule has 1 N–H and O–H groups in total. The fourth-order valence-electron chi connectivity index (χ4n) is 3.28. The van der Waals surface area contributed by atoms with Crippen molar-refractivity contribution < 1.29 is 35.8 Å². The third kappa shape index (κ3) is 1.71. The molecule has 0 spiro atoms. The van der Waals surface area contributed by atoms with E-state index in [9.17, 15) is 31.5 Å². The van der Waals surface area contributed by atoms with E-state index in [4.69, 9.17) is 0 Å². The molecule has 5 atom stereocenters. The van der Waals surface area contributed by atoms with E-state index in [1.165, 1.54) is 0 Å². The number of carbonyl (C=O) groups is 1. The van der Waals surface area contributed by atoms with Crippen LogP contribution in [0, 0.1) is 23.7 Å². The number of fused-ring (bicyclic) bond motifs is 5. The number of rotatable bonds is 2. The number of carbonyl (C=O) groups excluding carboxylic acids is 1. The number of allylic oxidation sites excluding steroid dienone is 2. The average molecular weight is 313 g/mol. The van der Waals surface area contributed by atoms with Crippen molar-refractivity contribution in [1.82, 2.24) is 5.06 Å². The first-order valence-electron chi connectivity index (χ1n) is 5.84. The van der Waals surface area contributed by atoms with Gasteiger partial charge in [0.2, 0.25) is 0 Å². The van der Waals surface area contributed by atoms with Crippen molar-refractivity contribution >= 4 is 16.0 Å². The molecule has 6 nitrogen and oxygen atoms in total. The molecule has 0 aromatic heterocycles. The van der Waals surface area contributed by atoms with Crippen molar-refractivity contribution in [1.29, 1.82) is 0 Å². The highest BCUT2D eigenvalue weighted by Gasteiger charge is 2.62. The molecular formula is C10H10F3NO5S. The van der Waals surface area contributed by atoms with Crippen LogP contribution in [-0.4, -0.2) is 36.2 Å². The molecule has 0 radical (unpaired) electrons. The molecule has 20 heavy (non-hydrogen) atoms. The molecule has 1 saturated heterocycles. The second-order valence-electron chi connectivity index (χ2n) is 5.10. The largest absolute Gasteiger partial charge is 0.525 e. The van der Waals surface area contributed by atoms with Gasteiger partial charge in [-0.2, -0.15) is 26.7 Å². The molecule has 2 aliphatic carbocycles. The summed E-state index contributed by atoms with van der Waals surface area (Å²) in [6, 6.07) is 0. The van der Waals surface area contributed by atoms with Gasteiger partial charge < -0.3 is 5.11 Å². The minimum Gasteiger partial charge on any atom is -0.371 e. The normalized spacial score (nSPS) is 39.7. The number of halogens is 3. The minimum absolute atomic E-state index is 0.0513. The lowest BCUT2D eigenvalue weighted by Crippen LogP contribution is -2.41. The molecule has 2 bridgehead atoms. The van der Waals surface area contributed by atoms with Crippen molar-refractivity contribution in [2.45, 2.75) is 18.2 Å². The first kappa shape index (κ1) is 13.8. The van der Waals surface area contributed by atoms with Crippen LogP contribution in [0.1, 0.15) is 6.42 Å². The monoisotopic (exact) mass is 313 g/mol. The van der Waals surface area contributed by atoms with Crippen LogP contribution >= 0.6 is 0 Å². The number of hydroxylamine groups is 2. The minimum atomic E-state index is -5.97. The quantitative estimate of drug-likeness (QED) is 0.588. The van der Waals surface area contributed by atoms with Gasteiger partial charge in [0, 0.05) is 5.92 Å². The third-order valence-corrected chi connectivity index (χ3v) is 4.99. The van der Waals surface area contributed by atoms with E-state index in [0.29, 0.717) is 6.42 Å². The molecule has 2 fully saturated rings. The Balaban J connectivity index is 1.86. The Morgan fingerprint density at radius 1 is 1.30 bits per heavy atom. The number of hydrogen-bond donors (Lipinski definition) is 1. The van der Waals surface area contributed by atoms with Gasteiger partial charge in [-0.15, -0.1) is 4.28 Å². The van der Waals surface area contributed by atoms with Crippen molar-refractivity contribution in [3.05, 3.63) is 12.2 Å². The molecule has 0 aromatic carbocycles. The third-order valence-electron chi connectivity index (χ3n) is 4.07. The maximum atomic E-state index is 12.3. The zero-order valence-electron chi connectivity index (χ0n) is 9.82. The second kappa shape index (κ2) is 3.95. The fourth-order valence-corrected chi connectivity index (χ4v) is 3.73. The van der Waals surface area contributed by atoms with Gasteiger partial charge in [0.05, 0.1) is 5.92 Å². The standard InChI is InChI=1S/C10H10F3NO5S/c11-10(12,13)20(17,18)19-14-8(15)6-4-1-2-5(3-4)7(6)9(14)16/h1-2,4-8,15H,3H2/t4?,5-,6?,7-,8?/m0/s1. The van der Waals surface area contributed by atoms with Gasteiger partial charge in [-0.05, 0) is 18.3 Å². The Morgan fingerprint density at radius 2 is 1.90 bits per heavy atom. The Hall–Kier alpha value is -1.13. The zero-order valence-corrected chi connectivity index (χ0v) is 10.6. The lowest BCUT2D eigenvalue weighted by Gasteiger charge is -2.23. The molecule has 10 heteroatoms. The van der Waals surface area contributed by atoms with Gasteiger partial charge in [0.15, 0.2) is 6.23 Å². The Labute approximate surface area is 111 Å². The maximum Gasteiger partial charge on any atom is 0.525 e. The second-order valence-corrected chi connectivity index (χ2v) is 6.62. The summed E-state index contributed by atoms with van der Waals surface area (Å²) in [4.78, 5) is 12.0. The van der Waals surface area contributed by atoms with E-state index >= 15 is 0 Å². The summed E-state index contributed by atoms with van der Waals surface area (Å²) >= 11 is 0.